The van der Waals surface area contributed by atoms with Gasteiger partial charge in [-0.15, -0.1) is 11.3 Å². The molecule has 0 radical (unpaired) electrons. The normalized spacial score (nSPS) is 11.2. The zero-order valence-electron chi connectivity index (χ0n) is 15.1. The van der Waals surface area contributed by atoms with Gasteiger partial charge in [0.15, 0.2) is 5.78 Å². The Morgan fingerprint density at radius 2 is 1.62 bits per heavy atom. The molecule has 0 saturated heterocycles. The molecule has 0 unspecified atom stereocenters. The van der Waals surface area contributed by atoms with Crippen LogP contribution in [0.4, 0.5) is 5.69 Å². The fourth-order valence-corrected chi connectivity index (χ4v) is 3.25. The fraction of sp³-hybridized carbons (Fsp3) is 0.182. The second-order valence-electron chi connectivity index (χ2n) is 7.17. The van der Waals surface area contributed by atoms with Crippen LogP contribution in [0.15, 0.2) is 66.0 Å². The molecule has 0 bridgehead atoms. The van der Waals surface area contributed by atoms with E-state index in [0.717, 1.165) is 0 Å². The van der Waals surface area contributed by atoms with E-state index in [-0.39, 0.29) is 17.1 Å². The predicted molar refractivity (Wildman–Crippen MR) is 107 cm³/mol. The maximum atomic E-state index is 12.8. The summed E-state index contributed by atoms with van der Waals surface area (Å²) in [5.41, 5.74) is 3.04. The molecule has 0 saturated carbocycles. The summed E-state index contributed by atoms with van der Waals surface area (Å²) >= 11 is 1.38. The van der Waals surface area contributed by atoms with Crippen molar-refractivity contribution in [3.8, 4) is 0 Å². The molecule has 0 spiro atoms. The number of hydrogen-bond donors (Lipinski definition) is 1. The van der Waals surface area contributed by atoms with Crippen LogP contribution in [0.1, 0.15) is 51.9 Å². The van der Waals surface area contributed by atoms with Crippen molar-refractivity contribution in [2.75, 3.05) is 5.32 Å². The van der Waals surface area contributed by atoms with Gasteiger partial charge in [-0.25, -0.2) is 0 Å². The number of nitrogens with one attached hydrogen (secondary N) is 1. The Labute approximate surface area is 157 Å². The van der Waals surface area contributed by atoms with Gasteiger partial charge < -0.3 is 5.32 Å². The van der Waals surface area contributed by atoms with Crippen molar-refractivity contribution >= 4 is 28.7 Å². The molecule has 1 aromatic heterocycles. The Bertz CT molecular complexity index is 920. The molecule has 2 aromatic carbocycles. The van der Waals surface area contributed by atoms with Crippen LogP contribution in [0.25, 0.3) is 0 Å². The van der Waals surface area contributed by atoms with Crippen LogP contribution >= 0.6 is 11.3 Å². The lowest BCUT2D eigenvalue weighted by Gasteiger charge is -2.19. The number of ketones is 1. The Hall–Kier alpha value is -2.72. The maximum Gasteiger partial charge on any atom is 0.265 e. The van der Waals surface area contributed by atoms with Crippen molar-refractivity contribution in [3.05, 3.63) is 87.6 Å². The number of rotatable bonds is 4. The van der Waals surface area contributed by atoms with E-state index >= 15 is 0 Å². The average Bonchev–Trinajstić information content (AvgIpc) is 3.15. The summed E-state index contributed by atoms with van der Waals surface area (Å²) in [6, 6.07) is 18.4. The van der Waals surface area contributed by atoms with Gasteiger partial charge in [0.2, 0.25) is 0 Å². The van der Waals surface area contributed by atoms with Crippen molar-refractivity contribution in [3.63, 3.8) is 0 Å². The molecule has 1 heterocycles. The summed E-state index contributed by atoms with van der Waals surface area (Å²) in [5, 5.41) is 4.70. The number of hydrogen-bond acceptors (Lipinski definition) is 3. The average molecular weight is 363 g/mol. The van der Waals surface area contributed by atoms with Crippen LogP contribution in [-0.4, -0.2) is 11.7 Å². The molecular weight excluding hydrogens is 342 g/mol. The van der Waals surface area contributed by atoms with E-state index in [4.69, 9.17) is 0 Å². The van der Waals surface area contributed by atoms with E-state index in [1.807, 2.05) is 35.7 Å². The largest absolute Gasteiger partial charge is 0.321 e. The minimum atomic E-state index is -0.167. The van der Waals surface area contributed by atoms with Gasteiger partial charge in [-0.3, -0.25) is 9.59 Å². The lowest BCUT2D eigenvalue weighted by atomic mass is 9.86. The van der Waals surface area contributed by atoms with Crippen molar-refractivity contribution in [2.24, 2.45) is 0 Å². The molecule has 0 atom stereocenters. The number of amides is 1. The van der Waals surface area contributed by atoms with Gasteiger partial charge in [0, 0.05) is 16.8 Å². The van der Waals surface area contributed by atoms with E-state index < -0.39 is 0 Å². The summed E-state index contributed by atoms with van der Waals surface area (Å²) in [4.78, 5) is 25.6. The third-order valence-corrected chi connectivity index (χ3v) is 5.01. The summed E-state index contributed by atoms with van der Waals surface area (Å²) in [7, 11) is 0. The highest BCUT2D eigenvalue weighted by atomic mass is 32.1. The van der Waals surface area contributed by atoms with Crippen molar-refractivity contribution in [1.82, 2.24) is 0 Å². The molecule has 3 aromatic rings. The number of thiophene rings is 1. The summed E-state index contributed by atoms with van der Waals surface area (Å²) in [5.74, 6) is -0.225. The lowest BCUT2D eigenvalue weighted by Crippen LogP contribution is -2.12. The molecule has 26 heavy (non-hydrogen) atoms. The molecule has 3 nitrogen and oxygen atoms in total. The quantitative estimate of drug-likeness (QED) is 0.620. The molecule has 1 amide bonds. The van der Waals surface area contributed by atoms with Crippen molar-refractivity contribution < 1.29 is 9.59 Å². The Morgan fingerprint density at radius 1 is 0.885 bits per heavy atom. The van der Waals surface area contributed by atoms with Gasteiger partial charge in [-0.1, -0.05) is 63.2 Å². The van der Waals surface area contributed by atoms with Crippen LogP contribution in [0.2, 0.25) is 0 Å². The smallest absolute Gasteiger partial charge is 0.265 e. The first-order valence-electron chi connectivity index (χ1n) is 8.45. The molecule has 1 N–H and O–H groups in total. The maximum absolute atomic E-state index is 12.8. The first-order valence-corrected chi connectivity index (χ1v) is 9.33. The van der Waals surface area contributed by atoms with Crippen LogP contribution in [-0.2, 0) is 5.41 Å². The fourth-order valence-electron chi connectivity index (χ4n) is 2.63. The predicted octanol–water partition coefficient (Wildman–Crippen LogP) is 5.53. The highest BCUT2D eigenvalue weighted by Gasteiger charge is 2.15. The molecule has 3 rings (SSSR count). The third kappa shape index (κ3) is 4.09. The van der Waals surface area contributed by atoms with E-state index in [2.05, 4.69) is 26.1 Å². The van der Waals surface area contributed by atoms with Gasteiger partial charge in [-0.2, -0.15) is 0 Å². The number of benzene rings is 2. The summed E-state index contributed by atoms with van der Waals surface area (Å²) < 4.78 is 0. The van der Waals surface area contributed by atoms with Crippen LogP contribution in [0.5, 0.6) is 0 Å². The van der Waals surface area contributed by atoms with Gasteiger partial charge in [0.05, 0.1) is 4.88 Å². The Morgan fingerprint density at radius 3 is 2.23 bits per heavy atom. The monoisotopic (exact) mass is 363 g/mol. The van der Waals surface area contributed by atoms with Gasteiger partial charge >= 0.3 is 0 Å². The SMILES string of the molecule is CC(C)(C)c1ccc(C(=O)c2cccc(NC(=O)c3cccs3)c2)cc1. The Balaban J connectivity index is 1.79. The van der Waals surface area contributed by atoms with Gasteiger partial charge in [0.25, 0.3) is 5.91 Å². The second kappa shape index (κ2) is 7.26. The van der Waals surface area contributed by atoms with Crippen LogP contribution in [0, 0.1) is 0 Å². The molecule has 0 aliphatic rings. The van der Waals surface area contributed by atoms with Crippen LogP contribution < -0.4 is 5.32 Å². The Kier molecular flexibility index (Phi) is 5.05. The molecule has 4 heteroatoms. The minimum Gasteiger partial charge on any atom is -0.321 e. The van der Waals surface area contributed by atoms with E-state index in [1.54, 1.807) is 30.3 Å². The zero-order chi connectivity index (χ0) is 18.7. The molecular formula is C22H21NO2S. The third-order valence-electron chi connectivity index (χ3n) is 4.14. The first-order chi connectivity index (χ1) is 12.3. The zero-order valence-corrected chi connectivity index (χ0v) is 15.9. The summed E-state index contributed by atoms with van der Waals surface area (Å²) in [6.45, 7) is 6.43. The van der Waals surface area contributed by atoms with Gasteiger partial charge in [0.1, 0.15) is 0 Å². The standard InChI is InChI=1S/C22H21NO2S/c1-22(2,3)17-11-9-15(10-12-17)20(24)16-6-4-7-18(14-16)23-21(25)19-8-5-13-26-19/h4-14H,1-3H3,(H,23,25). The molecule has 132 valence electrons. The minimum absolute atomic E-state index is 0.0492. The first kappa shape index (κ1) is 18.1. The van der Waals surface area contributed by atoms with Crippen LogP contribution in [0.3, 0.4) is 0 Å². The molecule has 0 aliphatic heterocycles. The topological polar surface area (TPSA) is 46.2 Å². The van der Waals surface area contributed by atoms with E-state index in [1.165, 1.54) is 16.9 Å². The van der Waals surface area contributed by atoms with E-state index in [9.17, 15) is 9.59 Å². The number of carbonyl (C=O) groups is 2. The molecule has 0 aliphatic carbocycles. The van der Waals surface area contributed by atoms with Gasteiger partial charge in [-0.05, 0) is 34.6 Å². The number of anilines is 1. The van der Waals surface area contributed by atoms with Crippen molar-refractivity contribution in [1.29, 1.82) is 0 Å². The van der Waals surface area contributed by atoms with Crippen molar-refractivity contribution in [2.45, 2.75) is 26.2 Å². The van der Waals surface area contributed by atoms with E-state index in [0.29, 0.717) is 21.7 Å². The molecule has 0 fully saturated rings. The number of carbonyl (C=O) groups excluding carboxylic acids is 2. The lowest BCUT2D eigenvalue weighted by molar-refractivity contribution is 0.102. The summed E-state index contributed by atoms with van der Waals surface area (Å²) in [6.07, 6.45) is 0. The highest BCUT2D eigenvalue weighted by molar-refractivity contribution is 7.12. The highest BCUT2D eigenvalue weighted by Crippen LogP contribution is 2.23. The second-order valence-corrected chi connectivity index (χ2v) is 8.12.